The van der Waals surface area contributed by atoms with Crippen LogP contribution in [0.5, 0.6) is 0 Å². The number of carbonyl (C=O) groups excluding carboxylic acids is 1. The summed E-state index contributed by atoms with van der Waals surface area (Å²) in [6, 6.07) is 7.23. The minimum atomic E-state index is -0.206. The maximum absolute atomic E-state index is 13.1. The lowest BCUT2D eigenvalue weighted by Crippen LogP contribution is -2.39. The SMILES string of the molecule is CN1CCCC[C@@H]1CCC(=O)N1CCCN(c2ccc(F)cc2)CC1. The van der Waals surface area contributed by atoms with Crippen LogP contribution in [0.3, 0.4) is 0 Å². The number of rotatable bonds is 4. The Kier molecular flexibility index (Phi) is 6.29. The molecule has 138 valence electrons. The van der Waals surface area contributed by atoms with Crippen molar-refractivity contribution in [2.45, 2.75) is 44.6 Å². The summed E-state index contributed by atoms with van der Waals surface area (Å²) in [6.07, 6.45) is 6.40. The highest BCUT2D eigenvalue weighted by molar-refractivity contribution is 5.76. The first-order valence-electron chi connectivity index (χ1n) is 9.62. The van der Waals surface area contributed by atoms with Gasteiger partial charge in [0.25, 0.3) is 0 Å². The normalized spacial score (nSPS) is 22.7. The van der Waals surface area contributed by atoms with Gasteiger partial charge in [-0.3, -0.25) is 4.79 Å². The van der Waals surface area contributed by atoms with Gasteiger partial charge in [0.1, 0.15) is 5.82 Å². The van der Waals surface area contributed by atoms with Crippen LogP contribution in [0.2, 0.25) is 0 Å². The quantitative estimate of drug-likeness (QED) is 0.837. The number of nitrogens with zero attached hydrogens (tertiary/aromatic N) is 3. The second-order valence-corrected chi connectivity index (χ2v) is 7.37. The maximum atomic E-state index is 13.1. The van der Waals surface area contributed by atoms with Crippen LogP contribution in [0, 0.1) is 5.82 Å². The lowest BCUT2D eigenvalue weighted by Gasteiger charge is -2.32. The molecule has 3 rings (SSSR count). The Bertz CT molecular complexity index is 563. The molecule has 1 atom stereocenters. The Labute approximate surface area is 150 Å². The second-order valence-electron chi connectivity index (χ2n) is 7.37. The molecular weight excluding hydrogens is 317 g/mol. The van der Waals surface area contributed by atoms with Gasteiger partial charge in [-0.05, 0) is 63.5 Å². The lowest BCUT2D eigenvalue weighted by atomic mass is 9.98. The lowest BCUT2D eigenvalue weighted by molar-refractivity contribution is -0.131. The van der Waals surface area contributed by atoms with Crippen LogP contribution in [0.4, 0.5) is 10.1 Å². The number of hydrogen-bond acceptors (Lipinski definition) is 3. The molecule has 0 radical (unpaired) electrons. The summed E-state index contributed by atoms with van der Waals surface area (Å²) in [6.45, 7) is 4.49. The van der Waals surface area contributed by atoms with E-state index in [2.05, 4.69) is 16.8 Å². The third kappa shape index (κ3) is 4.94. The Morgan fingerprint density at radius 2 is 1.84 bits per heavy atom. The summed E-state index contributed by atoms with van der Waals surface area (Å²) in [5.41, 5.74) is 1.04. The molecule has 0 bridgehead atoms. The Hall–Kier alpha value is -1.62. The highest BCUT2D eigenvalue weighted by Gasteiger charge is 2.23. The summed E-state index contributed by atoms with van der Waals surface area (Å²) in [4.78, 5) is 19.3. The van der Waals surface area contributed by atoms with Crippen LogP contribution in [0.15, 0.2) is 24.3 Å². The van der Waals surface area contributed by atoms with Gasteiger partial charge in [0, 0.05) is 44.3 Å². The Morgan fingerprint density at radius 1 is 1.04 bits per heavy atom. The molecule has 25 heavy (non-hydrogen) atoms. The minimum Gasteiger partial charge on any atom is -0.370 e. The molecule has 0 saturated carbocycles. The van der Waals surface area contributed by atoms with Crippen molar-refractivity contribution in [3.63, 3.8) is 0 Å². The van der Waals surface area contributed by atoms with Crippen molar-refractivity contribution in [3.8, 4) is 0 Å². The van der Waals surface area contributed by atoms with Crippen molar-refractivity contribution in [3.05, 3.63) is 30.1 Å². The van der Waals surface area contributed by atoms with Gasteiger partial charge in [0.05, 0.1) is 0 Å². The zero-order chi connectivity index (χ0) is 17.6. The zero-order valence-corrected chi connectivity index (χ0v) is 15.3. The van der Waals surface area contributed by atoms with Crippen molar-refractivity contribution in [2.75, 3.05) is 44.7 Å². The van der Waals surface area contributed by atoms with Gasteiger partial charge in [-0.15, -0.1) is 0 Å². The first-order chi connectivity index (χ1) is 12.1. The standard InChI is InChI=1S/C20H30FN3O/c1-22-12-3-2-5-18(22)10-11-20(25)24-14-4-13-23(15-16-24)19-8-6-17(21)7-9-19/h6-9,18H,2-5,10-16H2,1H3/t18-/m1/s1. The van der Waals surface area contributed by atoms with Gasteiger partial charge >= 0.3 is 0 Å². The molecule has 4 nitrogen and oxygen atoms in total. The van der Waals surface area contributed by atoms with Gasteiger partial charge in [-0.1, -0.05) is 6.42 Å². The summed E-state index contributed by atoms with van der Waals surface area (Å²) < 4.78 is 13.1. The molecule has 0 aliphatic carbocycles. The molecule has 2 saturated heterocycles. The molecule has 2 aliphatic heterocycles. The third-order valence-corrected chi connectivity index (χ3v) is 5.65. The van der Waals surface area contributed by atoms with E-state index in [1.165, 1.54) is 31.4 Å². The van der Waals surface area contributed by atoms with Crippen LogP contribution < -0.4 is 4.90 Å². The summed E-state index contributed by atoms with van der Waals surface area (Å²) >= 11 is 0. The van der Waals surface area contributed by atoms with Crippen LogP contribution in [0.25, 0.3) is 0 Å². The summed E-state index contributed by atoms with van der Waals surface area (Å²) in [5, 5.41) is 0. The maximum Gasteiger partial charge on any atom is 0.222 e. The smallest absolute Gasteiger partial charge is 0.222 e. The molecule has 1 amide bonds. The molecule has 0 N–H and O–H groups in total. The number of halogens is 1. The number of piperidine rings is 1. The van der Waals surface area contributed by atoms with Crippen LogP contribution >= 0.6 is 0 Å². The van der Waals surface area contributed by atoms with E-state index in [9.17, 15) is 9.18 Å². The topological polar surface area (TPSA) is 26.8 Å². The fraction of sp³-hybridized carbons (Fsp3) is 0.650. The van der Waals surface area contributed by atoms with E-state index in [1.807, 2.05) is 17.0 Å². The van der Waals surface area contributed by atoms with Gasteiger partial charge in [-0.25, -0.2) is 4.39 Å². The van der Waals surface area contributed by atoms with Crippen LogP contribution in [0.1, 0.15) is 38.5 Å². The molecule has 1 aromatic rings. The van der Waals surface area contributed by atoms with Crippen molar-refractivity contribution in [1.82, 2.24) is 9.80 Å². The molecule has 2 fully saturated rings. The van der Waals surface area contributed by atoms with Crippen LogP contribution in [-0.4, -0.2) is 61.5 Å². The second kappa shape index (κ2) is 8.65. The monoisotopic (exact) mass is 347 g/mol. The molecule has 0 unspecified atom stereocenters. The summed E-state index contributed by atoms with van der Waals surface area (Å²) in [7, 11) is 2.18. The number of benzene rings is 1. The van der Waals surface area contributed by atoms with Gasteiger partial charge in [-0.2, -0.15) is 0 Å². The first-order valence-corrected chi connectivity index (χ1v) is 9.62. The van der Waals surface area contributed by atoms with Crippen molar-refractivity contribution in [2.24, 2.45) is 0 Å². The molecule has 5 heteroatoms. The molecule has 2 aliphatic rings. The highest BCUT2D eigenvalue weighted by Crippen LogP contribution is 2.21. The molecule has 0 aromatic heterocycles. The number of amides is 1. The molecule has 2 heterocycles. The highest BCUT2D eigenvalue weighted by atomic mass is 19.1. The van der Waals surface area contributed by atoms with E-state index in [0.717, 1.165) is 51.3 Å². The minimum absolute atomic E-state index is 0.206. The Morgan fingerprint density at radius 3 is 2.60 bits per heavy atom. The molecular formula is C20H30FN3O. The van der Waals surface area contributed by atoms with Crippen molar-refractivity contribution >= 4 is 11.6 Å². The van der Waals surface area contributed by atoms with Crippen molar-refractivity contribution < 1.29 is 9.18 Å². The van der Waals surface area contributed by atoms with E-state index in [0.29, 0.717) is 18.4 Å². The van der Waals surface area contributed by atoms with E-state index in [4.69, 9.17) is 0 Å². The average molecular weight is 347 g/mol. The summed E-state index contributed by atoms with van der Waals surface area (Å²) in [5.74, 6) is 0.0861. The number of anilines is 1. The van der Waals surface area contributed by atoms with Gasteiger partial charge in [0.2, 0.25) is 5.91 Å². The predicted octanol–water partition coefficient (Wildman–Crippen LogP) is 3.13. The largest absolute Gasteiger partial charge is 0.370 e. The average Bonchev–Trinajstić information content (AvgIpc) is 2.88. The number of hydrogen-bond donors (Lipinski definition) is 0. The van der Waals surface area contributed by atoms with E-state index >= 15 is 0 Å². The first kappa shape index (κ1) is 18.2. The van der Waals surface area contributed by atoms with Crippen LogP contribution in [-0.2, 0) is 4.79 Å². The van der Waals surface area contributed by atoms with E-state index in [1.54, 1.807) is 0 Å². The van der Waals surface area contributed by atoms with E-state index in [-0.39, 0.29) is 5.82 Å². The zero-order valence-electron chi connectivity index (χ0n) is 15.3. The van der Waals surface area contributed by atoms with Gasteiger partial charge < -0.3 is 14.7 Å². The van der Waals surface area contributed by atoms with Crippen molar-refractivity contribution in [1.29, 1.82) is 0 Å². The fourth-order valence-electron chi connectivity index (χ4n) is 4.03. The predicted molar refractivity (Wildman–Crippen MR) is 99.3 cm³/mol. The molecule has 0 spiro atoms. The number of carbonyl (C=O) groups is 1. The van der Waals surface area contributed by atoms with E-state index < -0.39 is 0 Å². The fourth-order valence-corrected chi connectivity index (χ4v) is 4.03. The van der Waals surface area contributed by atoms with Gasteiger partial charge in [0.15, 0.2) is 0 Å². The molecule has 1 aromatic carbocycles. The number of likely N-dealkylation sites (tertiary alicyclic amines) is 1. The Balaban J connectivity index is 1.48. The third-order valence-electron chi connectivity index (χ3n) is 5.65.